The number of aryl methyl sites for hydroxylation is 1. The van der Waals surface area contributed by atoms with E-state index in [1.165, 1.54) is 6.33 Å². The minimum absolute atomic E-state index is 0.130. The summed E-state index contributed by atoms with van der Waals surface area (Å²) in [6.07, 6.45) is 1.32. The second-order valence-electron chi connectivity index (χ2n) is 4.77. The second kappa shape index (κ2) is 6.62. The molecule has 2 aromatic heterocycles. The molecule has 0 atom stereocenters. The Balaban J connectivity index is 1.64. The lowest BCUT2D eigenvalue weighted by molar-refractivity contribution is 0.0455. The summed E-state index contributed by atoms with van der Waals surface area (Å²) in [5.41, 5.74) is 0.337. The van der Waals surface area contributed by atoms with Crippen LogP contribution in [0.2, 0.25) is 0 Å². The minimum atomic E-state index is -0.471. The fraction of sp³-hybridized carbons (Fsp3) is 0.188. The van der Waals surface area contributed by atoms with Crippen LogP contribution in [0.15, 0.2) is 41.5 Å². The minimum Gasteiger partial charge on any atom is -0.490 e. The number of esters is 1. The van der Waals surface area contributed by atoms with E-state index < -0.39 is 5.97 Å². The van der Waals surface area contributed by atoms with Crippen LogP contribution in [0.3, 0.4) is 0 Å². The van der Waals surface area contributed by atoms with Gasteiger partial charge in [-0.15, -0.1) is 11.3 Å². The first kappa shape index (κ1) is 15.2. The van der Waals surface area contributed by atoms with Crippen molar-refractivity contribution < 1.29 is 14.3 Å². The largest absolute Gasteiger partial charge is 0.490 e. The van der Waals surface area contributed by atoms with Crippen molar-refractivity contribution in [2.24, 2.45) is 0 Å². The van der Waals surface area contributed by atoms with Gasteiger partial charge in [0.05, 0.1) is 11.7 Å². The van der Waals surface area contributed by atoms with E-state index >= 15 is 0 Å². The maximum absolute atomic E-state index is 12.2. The molecule has 6 nitrogen and oxygen atoms in total. The zero-order valence-corrected chi connectivity index (χ0v) is 13.2. The number of fused-ring (bicyclic) bond motifs is 1. The van der Waals surface area contributed by atoms with E-state index in [0.29, 0.717) is 20.7 Å². The van der Waals surface area contributed by atoms with Gasteiger partial charge in [0.25, 0.3) is 5.56 Å². The Morgan fingerprint density at radius 1 is 1.26 bits per heavy atom. The molecule has 0 spiro atoms. The Bertz CT molecular complexity index is 886. The number of hydrogen-bond donors (Lipinski definition) is 1. The lowest BCUT2D eigenvalue weighted by Gasteiger charge is -2.06. The first-order valence-corrected chi connectivity index (χ1v) is 7.80. The van der Waals surface area contributed by atoms with E-state index in [1.54, 1.807) is 6.92 Å². The summed E-state index contributed by atoms with van der Waals surface area (Å²) in [6.45, 7) is 2.11. The first-order valence-electron chi connectivity index (χ1n) is 6.98. The van der Waals surface area contributed by atoms with Gasteiger partial charge < -0.3 is 14.5 Å². The standard InChI is InChI=1S/C16H14N2O4S/c1-10-12-14(19)17-9-18-15(12)23-13(10)16(20)22-8-7-21-11-5-3-2-4-6-11/h2-6,9H,7-8H2,1H3,(H,17,18,19). The highest BCUT2D eigenvalue weighted by atomic mass is 32.1. The number of ether oxygens (including phenoxy) is 2. The first-order chi connectivity index (χ1) is 11.2. The molecule has 0 saturated carbocycles. The zero-order chi connectivity index (χ0) is 16.2. The molecule has 2 heterocycles. The van der Waals surface area contributed by atoms with E-state index in [0.717, 1.165) is 17.1 Å². The van der Waals surface area contributed by atoms with Crippen molar-refractivity contribution in [2.75, 3.05) is 13.2 Å². The third-order valence-corrected chi connectivity index (χ3v) is 4.43. The number of nitrogens with zero attached hydrogens (tertiary/aromatic N) is 1. The third-order valence-electron chi connectivity index (χ3n) is 3.25. The van der Waals surface area contributed by atoms with Crippen LogP contribution in [0.1, 0.15) is 15.2 Å². The Hall–Kier alpha value is -2.67. The molecule has 0 aliphatic heterocycles. The van der Waals surface area contributed by atoms with Crippen molar-refractivity contribution in [2.45, 2.75) is 6.92 Å². The van der Waals surface area contributed by atoms with Crippen LogP contribution < -0.4 is 10.3 Å². The Kier molecular flexibility index (Phi) is 4.38. The van der Waals surface area contributed by atoms with Crippen molar-refractivity contribution in [1.29, 1.82) is 0 Å². The monoisotopic (exact) mass is 330 g/mol. The molecule has 0 saturated heterocycles. The molecule has 0 aliphatic carbocycles. The molecule has 0 radical (unpaired) electrons. The van der Waals surface area contributed by atoms with Gasteiger partial charge in [-0.1, -0.05) is 18.2 Å². The predicted molar refractivity (Wildman–Crippen MR) is 87.2 cm³/mol. The summed E-state index contributed by atoms with van der Waals surface area (Å²) in [4.78, 5) is 31.4. The molecule has 3 rings (SSSR count). The van der Waals surface area contributed by atoms with E-state index in [1.807, 2.05) is 30.3 Å². The van der Waals surface area contributed by atoms with Gasteiger partial charge in [-0.25, -0.2) is 9.78 Å². The summed E-state index contributed by atoms with van der Waals surface area (Å²) in [6, 6.07) is 9.29. The molecule has 3 aromatic rings. The van der Waals surface area contributed by atoms with Crippen LogP contribution in [0.25, 0.3) is 10.2 Å². The van der Waals surface area contributed by atoms with Gasteiger partial charge >= 0.3 is 5.97 Å². The lowest BCUT2D eigenvalue weighted by atomic mass is 10.2. The number of aromatic nitrogens is 2. The number of aromatic amines is 1. The molecule has 0 bridgehead atoms. The number of benzene rings is 1. The van der Waals surface area contributed by atoms with E-state index in [2.05, 4.69) is 9.97 Å². The maximum Gasteiger partial charge on any atom is 0.348 e. The highest BCUT2D eigenvalue weighted by Crippen LogP contribution is 2.27. The van der Waals surface area contributed by atoms with Crippen molar-refractivity contribution in [3.05, 3.63) is 57.5 Å². The highest BCUT2D eigenvalue weighted by Gasteiger charge is 2.19. The highest BCUT2D eigenvalue weighted by molar-refractivity contribution is 7.20. The Morgan fingerprint density at radius 3 is 2.78 bits per heavy atom. The second-order valence-corrected chi connectivity index (χ2v) is 5.76. The molecule has 0 unspecified atom stereocenters. The zero-order valence-electron chi connectivity index (χ0n) is 12.4. The smallest absolute Gasteiger partial charge is 0.348 e. The number of nitrogens with one attached hydrogen (secondary N) is 1. The fourth-order valence-electron chi connectivity index (χ4n) is 2.15. The van der Waals surface area contributed by atoms with Crippen LogP contribution in [-0.4, -0.2) is 29.2 Å². The number of thiophene rings is 1. The summed E-state index contributed by atoms with van der Waals surface area (Å²) in [5.74, 6) is 0.249. The van der Waals surface area contributed by atoms with Crippen molar-refractivity contribution >= 4 is 27.5 Å². The van der Waals surface area contributed by atoms with Crippen LogP contribution >= 0.6 is 11.3 Å². The van der Waals surface area contributed by atoms with Crippen molar-refractivity contribution in [1.82, 2.24) is 9.97 Å². The van der Waals surface area contributed by atoms with Gasteiger partial charge in [-0.2, -0.15) is 0 Å². The number of rotatable bonds is 5. The predicted octanol–water partition coefficient (Wildman–Crippen LogP) is 2.53. The van der Waals surface area contributed by atoms with Crippen LogP contribution in [0.5, 0.6) is 5.75 Å². The van der Waals surface area contributed by atoms with E-state index in [4.69, 9.17) is 9.47 Å². The van der Waals surface area contributed by atoms with Crippen molar-refractivity contribution in [3.63, 3.8) is 0 Å². The summed E-state index contributed by atoms with van der Waals surface area (Å²) >= 11 is 1.15. The van der Waals surface area contributed by atoms with Crippen molar-refractivity contribution in [3.8, 4) is 5.75 Å². The molecular formula is C16H14N2O4S. The SMILES string of the molecule is Cc1c(C(=O)OCCOc2ccccc2)sc2nc[nH]c(=O)c12. The van der Waals surface area contributed by atoms with Gasteiger partial charge in [0.15, 0.2) is 0 Å². The third kappa shape index (κ3) is 3.24. The molecule has 0 amide bonds. The Morgan fingerprint density at radius 2 is 2.04 bits per heavy atom. The van der Waals surface area contributed by atoms with E-state index in [-0.39, 0.29) is 18.8 Å². The molecule has 1 aromatic carbocycles. The normalized spacial score (nSPS) is 10.7. The maximum atomic E-state index is 12.2. The Labute approximate surface area is 135 Å². The average Bonchev–Trinajstić information content (AvgIpc) is 2.91. The summed E-state index contributed by atoms with van der Waals surface area (Å²) in [5, 5.41) is 0.435. The number of H-pyrrole nitrogens is 1. The van der Waals surface area contributed by atoms with Crippen LogP contribution in [0.4, 0.5) is 0 Å². The molecule has 118 valence electrons. The topological polar surface area (TPSA) is 81.3 Å². The number of hydrogen-bond acceptors (Lipinski definition) is 6. The fourth-order valence-corrected chi connectivity index (χ4v) is 3.19. The number of carbonyl (C=O) groups excluding carboxylic acids is 1. The van der Waals surface area contributed by atoms with E-state index in [9.17, 15) is 9.59 Å². The summed E-state index contributed by atoms with van der Waals surface area (Å²) < 4.78 is 10.7. The quantitative estimate of drug-likeness (QED) is 0.574. The molecule has 7 heteroatoms. The number of para-hydroxylation sites is 1. The molecule has 23 heavy (non-hydrogen) atoms. The summed E-state index contributed by atoms with van der Waals surface area (Å²) in [7, 11) is 0. The van der Waals surface area contributed by atoms with Gasteiger partial charge in [0, 0.05) is 0 Å². The molecule has 0 fully saturated rings. The number of carbonyl (C=O) groups is 1. The van der Waals surface area contributed by atoms with Crippen LogP contribution in [-0.2, 0) is 4.74 Å². The van der Waals surface area contributed by atoms with Gasteiger partial charge in [0.2, 0.25) is 0 Å². The van der Waals surface area contributed by atoms with Gasteiger partial charge in [-0.3, -0.25) is 4.79 Å². The van der Waals surface area contributed by atoms with Gasteiger partial charge in [-0.05, 0) is 24.6 Å². The lowest BCUT2D eigenvalue weighted by Crippen LogP contribution is -2.12. The van der Waals surface area contributed by atoms with Gasteiger partial charge in [0.1, 0.15) is 28.7 Å². The van der Waals surface area contributed by atoms with Crippen LogP contribution in [0, 0.1) is 6.92 Å². The molecular weight excluding hydrogens is 316 g/mol. The molecule has 1 N–H and O–H groups in total. The average molecular weight is 330 g/mol. The molecule has 0 aliphatic rings.